The number of amides is 1. The lowest BCUT2D eigenvalue weighted by Gasteiger charge is -2.22. The minimum absolute atomic E-state index is 0.0978. The van der Waals surface area contributed by atoms with Crippen molar-refractivity contribution in [2.75, 3.05) is 7.05 Å². The van der Waals surface area contributed by atoms with Crippen LogP contribution in [0.3, 0.4) is 0 Å². The smallest absolute Gasteiger partial charge is 0.348 e. The Morgan fingerprint density at radius 2 is 1.84 bits per heavy atom. The lowest BCUT2D eigenvalue weighted by Crippen LogP contribution is -2.28. The van der Waals surface area contributed by atoms with Gasteiger partial charge in [-0.1, -0.05) is 41.9 Å². The number of aromatic nitrogens is 2. The predicted molar refractivity (Wildman–Crippen MR) is 118 cm³/mol. The molecule has 0 radical (unpaired) electrons. The number of nitrogens with zero attached hydrogens (tertiary/aromatic N) is 3. The highest BCUT2D eigenvalue weighted by Crippen LogP contribution is 2.34. The summed E-state index contributed by atoms with van der Waals surface area (Å²) in [6.07, 6.45) is -3.86. The van der Waals surface area contributed by atoms with Gasteiger partial charge in [0.05, 0.1) is 17.4 Å². The Labute approximate surface area is 189 Å². The molecule has 0 spiro atoms. The van der Waals surface area contributed by atoms with Gasteiger partial charge in [0.25, 0.3) is 5.91 Å². The summed E-state index contributed by atoms with van der Waals surface area (Å²) in [5.74, 6) is -0.849. The van der Waals surface area contributed by atoms with Crippen molar-refractivity contribution in [3.8, 4) is 5.69 Å². The normalized spacial score (nSPS) is 11.9. The van der Waals surface area contributed by atoms with Crippen LogP contribution >= 0.6 is 11.6 Å². The van der Waals surface area contributed by atoms with Crippen molar-refractivity contribution >= 4 is 17.5 Å². The van der Waals surface area contributed by atoms with Crippen LogP contribution in [0.25, 0.3) is 5.69 Å². The first-order chi connectivity index (χ1) is 15.1. The molecule has 1 aromatic heterocycles. The zero-order valence-corrected chi connectivity index (χ0v) is 18.7. The zero-order valence-electron chi connectivity index (χ0n) is 17.9. The Kier molecular flexibility index (Phi) is 7.26. The van der Waals surface area contributed by atoms with Gasteiger partial charge in [-0.15, -0.1) is 0 Å². The monoisotopic (exact) mass is 464 g/mol. The number of hydrogen-bond donors (Lipinski definition) is 1. The highest BCUT2D eigenvalue weighted by atomic mass is 35.5. The first kappa shape index (κ1) is 23.8. The number of carbonyl (C=O) groups excluding carboxylic acids is 1. The Morgan fingerprint density at radius 1 is 1.16 bits per heavy atom. The number of nitrogens with one attached hydrogen (secondary N) is 1. The molecule has 170 valence electrons. The number of benzene rings is 2. The van der Waals surface area contributed by atoms with Gasteiger partial charge in [-0.25, -0.2) is 4.68 Å². The summed E-state index contributed by atoms with van der Waals surface area (Å²) in [6, 6.07) is 13.7. The maximum Gasteiger partial charge on any atom is 0.434 e. The van der Waals surface area contributed by atoms with Crippen molar-refractivity contribution in [3.63, 3.8) is 0 Å². The van der Waals surface area contributed by atoms with Gasteiger partial charge in [-0.3, -0.25) is 9.69 Å². The van der Waals surface area contributed by atoms with E-state index in [1.165, 1.54) is 18.2 Å². The van der Waals surface area contributed by atoms with E-state index < -0.39 is 23.3 Å². The molecule has 0 unspecified atom stereocenters. The minimum atomic E-state index is -4.79. The quantitative estimate of drug-likeness (QED) is 0.515. The van der Waals surface area contributed by atoms with Crippen molar-refractivity contribution in [3.05, 3.63) is 82.1 Å². The molecular formula is C23H24ClF3N4O. The molecule has 3 aromatic rings. The standard InChI is InChI=1S/C23H24ClF3N4O/c1-15(2)30(3)14-17-8-5-4-7-16(17)12-28-22(32)20-13-29-31(21(20)23(25,26)27)19-10-6-9-18(24)11-19/h4-11,13,15H,12,14H2,1-3H3,(H,28,32). The van der Waals surface area contributed by atoms with Crippen molar-refractivity contribution in [2.24, 2.45) is 0 Å². The molecule has 2 aromatic carbocycles. The molecule has 0 saturated heterocycles. The fourth-order valence-electron chi connectivity index (χ4n) is 3.20. The van der Waals surface area contributed by atoms with Gasteiger partial charge in [0.1, 0.15) is 0 Å². The molecule has 1 N–H and O–H groups in total. The SMILES string of the molecule is CC(C)N(C)Cc1ccccc1CNC(=O)c1cnn(-c2cccc(Cl)c2)c1C(F)(F)F. The van der Waals surface area contributed by atoms with E-state index in [2.05, 4.69) is 29.2 Å². The first-order valence-electron chi connectivity index (χ1n) is 10.0. The summed E-state index contributed by atoms with van der Waals surface area (Å²) in [5, 5.41) is 6.69. The van der Waals surface area contributed by atoms with E-state index in [0.717, 1.165) is 17.3 Å². The van der Waals surface area contributed by atoms with Crippen LogP contribution in [-0.2, 0) is 19.3 Å². The molecule has 0 aliphatic heterocycles. The van der Waals surface area contributed by atoms with Gasteiger partial charge in [-0.2, -0.15) is 18.3 Å². The highest BCUT2D eigenvalue weighted by Gasteiger charge is 2.40. The van der Waals surface area contributed by atoms with Crippen molar-refractivity contribution < 1.29 is 18.0 Å². The molecule has 0 fully saturated rings. The average Bonchev–Trinajstić information content (AvgIpc) is 3.19. The molecule has 0 aliphatic carbocycles. The fourth-order valence-corrected chi connectivity index (χ4v) is 3.38. The second-order valence-corrected chi connectivity index (χ2v) is 8.19. The topological polar surface area (TPSA) is 50.2 Å². The van der Waals surface area contributed by atoms with Crippen LogP contribution in [0, 0.1) is 0 Å². The van der Waals surface area contributed by atoms with Crippen molar-refractivity contribution in [2.45, 2.75) is 39.2 Å². The van der Waals surface area contributed by atoms with Crippen LogP contribution in [0.5, 0.6) is 0 Å². The summed E-state index contributed by atoms with van der Waals surface area (Å²) < 4.78 is 42.3. The van der Waals surface area contributed by atoms with Crippen LogP contribution in [0.4, 0.5) is 13.2 Å². The molecule has 32 heavy (non-hydrogen) atoms. The van der Waals surface area contributed by atoms with Gasteiger partial charge in [0.15, 0.2) is 5.69 Å². The molecular weight excluding hydrogens is 441 g/mol. The molecule has 1 heterocycles. The molecule has 1 amide bonds. The number of hydrogen-bond acceptors (Lipinski definition) is 3. The van der Waals surface area contributed by atoms with Gasteiger partial charge in [-0.05, 0) is 50.2 Å². The van der Waals surface area contributed by atoms with Gasteiger partial charge >= 0.3 is 6.18 Å². The van der Waals surface area contributed by atoms with Gasteiger partial charge in [0, 0.05) is 24.2 Å². The first-order valence-corrected chi connectivity index (χ1v) is 10.4. The Hall–Kier alpha value is -2.84. The van der Waals surface area contributed by atoms with Gasteiger partial charge in [0.2, 0.25) is 0 Å². The van der Waals surface area contributed by atoms with E-state index >= 15 is 0 Å². The predicted octanol–water partition coefficient (Wildman–Crippen LogP) is 5.31. The van der Waals surface area contributed by atoms with E-state index in [4.69, 9.17) is 11.6 Å². The lowest BCUT2D eigenvalue weighted by molar-refractivity contribution is -0.143. The second kappa shape index (κ2) is 9.75. The largest absolute Gasteiger partial charge is 0.434 e. The van der Waals surface area contributed by atoms with Crippen LogP contribution < -0.4 is 5.32 Å². The van der Waals surface area contributed by atoms with Crippen LogP contribution in [0.1, 0.15) is 41.0 Å². The molecule has 0 bridgehead atoms. The second-order valence-electron chi connectivity index (χ2n) is 7.76. The van der Waals surface area contributed by atoms with Gasteiger partial charge < -0.3 is 5.32 Å². The molecule has 0 aliphatic rings. The third-order valence-electron chi connectivity index (χ3n) is 5.19. The van der Waals surface area contributed by atoms with Crippen LogP contribution in [0.2, 0.25) is 5.02 Å². The van der Waals surface area contributed by atoms with E-state index in [9.17, 15) is 18.0 Å². The summed E-state index contributed by atoms with van der Waals surface area (Å²) >= 11 is 5.91. The zero-order chi connectivity index (χ0) is 23.5. The summed E-state index contributed by atoms with van der Waals surface area (Å²) in [6.45, 7) is 4.89. The minimum Gasteiger partial charge on any atom is -0.348 e. The molecule has 9 heteroatoms. The average molecular weight is 465 g/mol. The van der Waals surface area contributed by atoms with Crippen molar-refractivity contribution in [1.82, 2.24) is 20.0 Å². The number of carbonyl (C=O) groups is 1. The van der Waals surface area contributed by atoms with E-state index in [0.29, 0.717) is 17.3 Å². The Morgan fingerprint density at radius 3 is 2.47 bits per heavy atom. The van der Waals surface area contributed by atoms with Crippen LogP contribution in [-0.4, -0.2) is 33.7 Å². The fraction of sp³-hybridized carbons (Fsp3) is 0.304. The molecule has 0 saturated carbocycles. The maximum absolute atomic E-state index is 13.9. The summed E-state index contributed by atoms with van der Waals surface area (Å²) in [7, 11) is 1.99. The maximum atomic E-state index is 13.9. The number of halogens is 4. The van der Waals surface area contributed by atoms with E-state index in [1.807, 2.05) is 31.3 Å². The van der Waals surface area contributed by atoms with Crippen molar-refractivity contribution in [1.29, 1.82) is 0 Å². The lowest BCUT2D eigenvalue weighted by atomic mass is 10.1. The Balaban J connectivity index is 1.86. The summed E-state index contributed by atoms with van der Waals surface area (Å²) in [4.78, 5) is 14.9. The third kappa shape index (κ3) is 5.49. The third-order valence-corrected chi connectivity index (χ3v) is 5.43. The van der Waals surface area contributed by atoms with E-state index in [-0.39, 0.29) is 17.3 Å². The van der Waals surface area contributed by atoms with Crippen LogP contribution in [0.15, 0.2) is 54.7 Å². The highest BCUT2D eigenvalue weighted by molar-refractivity contribution is 6.30. The number of rotatable bonds is 7. The Bertz CT molecular complexity index is 1090. The van der Waals surface area contributed by atoms with E-state index in [1.54, 1.807) is 6.07 Å². The summed E-state index contributed by atoms with van der Waals surface area (Å²) in [5.41, 5.74) is 0.254. The molecule has 3 rings (SSSR count). The molecule has 5 nitrogen and oxygen atoms in total. The molecule has 0 atom stereocenters. The number of alkyl halides is 3.